The molecule has 0 radical (unpaired) electrons. The third kappa shape index (κ3) is 4.41. The zero-order chi connectivity index (χ0) is 27.6. The molecule has 1 unspecified atom stereocenters. The minimum Gasteiger partial charge on any atom is -0.379 e. The summed E-state index contributed by atoms with van der Waals surface area (Å²) in [4.78, 5) is 22.8. The van der Waals surface area contributed by atoms with Gasteiger partial charge in [-0.15, -0.1) is 10.2 Å². The molecule has 1 saturated carbocycles. The molecule has 0 N–H and O–H groups in total. The van der Waals surface area contributed by atoms with Gasteiger partial charge in [0.1, 0.15) is 12.2 Å². The Kier molecular flexibility index (Phi) is 6.05. The Morgan fingerprint density at radius 3 is 2.67 bits per heavy atom. The molecule has 5 heterocycles. The summed E-state index contributed by atoms with van der Waals surface area (Å²) >= 11 is 0. The monoisotopic (exact) mass is 548 g/mol. The van der Waals surface area contributed by atoms with Crippen LogP contribution < -0.4 is 4.90 Å². The van der Waals surface area contributed by atoms with Crippen LogP contribution in [0.4, 0.5) is 14.5 Å². The first-order valence-corrected chi connectivity index (χ1v) is 14.2. The molecule has 40 heavy (non-hydrogen) atoms. The molecular weight excluding hydrogens is 514 g/mol. The molecule has 0 spiro atoms. The van der Waals surface area contributed by atoms with E-state index in [0.717, 1.165) is 46.9 Å². The lowest BCUT2D eigenvalue weighted by atomic mass is 9.75. The van der Waals surface area contributed by atoms with Crippen molar-refractivity contribution in [2.75, 3.05) is 31.2 Å². The average Bonchev–Trinajstić information content (AvgIpc) is 3.60. The van der Waals surface area contributed by atoms with Crippen molar-refractivity contribution in [1.82, 2.24) is 24.6 Å². The van der Waals surface area contributed by atoms with Crippen molar-refractivity contribution in [2.45, 2.75) is 63.0 Å². The number of hydrogen-bond donors (Lipinski definition) is 0. The Hall–Kier alpha value is -3.24. The number of carbonyl (C=O) groups excluding carboxylic acids is 1. The zero-order valence-electron chi connectivity index (χ0n) is 22.9. The Balaban J connectivity index is 1.16. The molecule has 210 valence electrons. The largest absolute Gasteiger partial charge is 0.379 e. The van der Waals surface area contributed by atoms with Gasteiger partial charge < -0.3 is 14.2 Å². The fourth-order valence-corrected chi connectivity index (χ4v) is 6.39. The number of anilines is 1. The Morgan fingerprint density at radius 2 is 2.00 bits per heavy atom. The molecule has 8 nitrogen and oxygen atoms in total. The Labute approximate surface area is 232 Å². The number of hydrogen-bond acceptors (Lipinski definition) is 6. The highest BCUT2D eigenvalue weighted by Gasteiger charge is 2.44. The van der Waals surface area contributed by atoms with Crippen LogP contribution in [0.2, 0.25) is 0 Å². The lowest BCUT2D eigenvalue weighted by Crippen LogP contribution is -2.49. The number of alkyl halides is 2. The predicted octanol–water partition coefficient (Wildman–Crippen LogP) is 4.24. The number of fused-ring (bicyclic) bond motifs is 1. The number of ether oxygens (including phenoxy) is 1. The molecule has 2 aromatic heterocycles. The predicted molar refractivity (Wildman–Crippen MR) is 144 cm³/mol. The summed E-state index contributed by atoms with van der Waals surface area (Å²) in [5.74, 6) is -2.06. The molecule has 0 bridgehead atoms. The van der Waals surface area contributed by atoms with E-state index in [0.29, 0.717) is 57.3 Å². The van der Waals surface area contributed by atoms with Gasteiger partial charge in [-0.05, 0) is 36.6 Å². The van der Waals surface area contributed by atoms with E-state index in [1.165, 1.54) is 0 Å². The van der Waals surface area contributed by atoms with Crippen molar-refractivity contribution in [2.24, 2.45) is 13.0 Å². The Morgan fingerprint density at radius 1 is 1.18 bits per heavy atom. The number of aryl methyl sites for hydroxylation is 1. The molecule has 3 aromatic rings. The fraction of sp³-hybridized carbons (Fsp3) is 0.533. The second kappa shape index (κ2) is 9.41. The highest BCUT2D eigenvalue weighted by atomic mass is 19.3. The normalized spacial score (nSPS) is 23.8. The second-order valence-electron chi connectivity index (χ2n) is 12.2. The van der Waals surface area contributed by atoms with E-state index >= 15 is 0 Å². The summed E-state index contributed by atoms with van der Waals surface area (Å²) in [6, 6.07) is 10.1. The molecule has 3 fully saturated rings. The Bertz CT molecular complexity index is 1460. The van der Waals surface area contributed by atoms with Crippen molar-refractivity contribution in [3.8, 4) is 0 Å². The van der Waals surface area contributed by atoms with Crippen molar-refractivity contribution < 1.29 is 18.3 Å². The maximum atomic E-state index is 14.1. The standard InChI is InChI=1S/C30H34F2N6O2/c1-19-13-37(9-8-30(19,31)32)14-22-11-24-25(27(34-22)20-6-7-20)15-38(28(24)39)23-5-3-4-21(10-23)29(16-40-17-29)12-26-35-33-18-36(26)2/h3-5,10-11,18-20H,6-9,12-17H2,1-2H3. The van der Waals surface area contributed by atoms with E-state index in [4.69, 9.17) is 9.72 Å². The van der Waals surface area contributed by atoms with Gasteiger partial charge >= 0.3 is 0 Å². The van der Waals surface area contributed by atoms with Gasteiger partial charge in [-0.2, -0.15) is 0 Å². The number of rotatable bonds is 7. The smallest absolute Gasteiger partial charge is 0.259 e. The minimum absolute atomic E-state index is 0.0246. The van der Waals surface area contributed by atoms with Crippen LogP contribution in [-0.4, -0.2) is 62.8 Å². The molecule has 3 aliphatic heterocycles. The molecule has 7 rings (SSSR count). The third-order valence-corrected chi connectivity index (χ3v) is 9.19. The van der Waals surface area contributed by atoms with Crippen LogP contribution in [0.15, 0.2) is 36.7 Å². The minimum atomic E-state index is -2.62. The van der Waals surface area contributed by atoms with Crippen LogP contribution >= 0.6 is 0 Å². The molecular formula is C30H34F2N6O2. The summed E-state index contributed by atoms with van der Waals surface area (Å²) in [7, 11) is 1.94. The highest BCUT2D eigenvalue weighted by molar-refractivity contribution is 6.10. The van der Waals surface area contributed by atoms with E-state index < -0.39 is 11.8 Å². The van der Waals surface area contributed by atoms with Gasteiger partial charge in [0, 0.05) is 79.3 Å². The van der Waals surface area contributed by atoms with Crippen molar-refractivity contribution >= 4 is 11.6 Å². The first kappa shape index (κ1) is 25.7. The molecule has 1 aromatic carbocycles. The molecule has 1 amide bonds. The van der Waals surface area contributed by atoms with Gasteiger partial charge in [0.2, 0.25) is 0 Å². The van der Waals surface area contributed by atoms with Crippen LogP contribution in [0.5, 0.6) is 0 Å². The van der Waals surface area contributed by atoms with E-state index in [1.807, 2.05) is 39.6 Å². The van der Waals surface area contributed by atoms with Crippen molar-refractivity contribution in [3.05, 3.63) is 70.6 Å². The topological polar surface area (TPSA) is 76.4 Å². The lowest BCUT2D eigenvalue weighted by molar-refractivity contribution is -0.100. The number of pyridine rings is 1. The van der Waals surface area contributed by atoms with Gasteiger partial charge in [0.05, 0.1) is 25.5 Å². The average molecular weight is 549 g/mol. The number of carbonyl (C=O) groups is 1. The highest BCUT2D eigenvalue weighted by Crippen LogP contribution is 2.45. The van der Waals surface area contributed by atoms with Gasteiger partial charge in [0.25, 0.3) is 11.8 Å². The van der Waals surface area contributed by atoms with E-state index in [1.54, 1.807) is 13.3 Å². The summed E-state index contributed by atoms with van der Waals surface area (Å²) < 4.78 is 35.7. The quantitative estimate of drug-likeness (QED) is 0.440. The third-order valence-electron chi connectivity index (χ3n) is 9.19. The lowest BCUT2D eigenvalue weighted by Gasteiger charge is -2.42. The molecule has 4 aliphatic rings. The number of aromatic nitrogens is 4. The summed E-state index contributed by atoms with van der Waals surface area (Å²) in [5, 5.41) is 8.32. The van der Waals surface area contributed by atoms with Gasteiger partial charge in [0.15, 0.2) is 0 Å². The number of halogens is 2. The number of nitrogens with zero attached hydrogens (tertiary/aromatic N) is 6. The number of likely N-dealkylation sites (tertiary alicyclic amines) is 1. The maximum Gasteiger partial charge on any atom is 0.259 e. The van der Waals surface area contributed by atoms with Gasteiger partial charge in [-0.1, -0.05) is 19.1 Å². The molecule has 1 aliphatic carbocycles. The molecule has 10 heteroatoms. The number of benzene rings is 1. The van der Waals surface area contributed by atoms with Crippen LogP contribution in [-0.2, 0) is 36.7 Å². The number of piperidine rings is 1. The first-order chi connectivity index (χ1) is 19.2. The second-order valence-corrected chi connectivity index (χ2v) is 12.2. The zero-order valence-corrected chi connectivity index (χ0v) is 22.9. The molecule has 1 atom stereocenters. The summed E-state index contributed by atoms with van der Waals surface area (Å²) in [6.45, 7) is 4.45. The molecule has 2 saturated heterocycles. The van der Waals surface area contributed by atoms with Gasteiger partial charge in [-0.3, -0.25) is 14.7 Å². The maximum absolute atomic E-state index is 14.1. The fourth-order valence-electron chi connectivity index (χ4n) is 6.39. The first-order valence-electron chi connectivity index (χ1n) is 14.2. The van der Waals surface area contributed by atoms with Crippen LogP contribution in [0.3, 0.4) is 0 Å². The van der Waals surface area contributed by atoms with E-state index in [9.17, 15) is 13.6 Å². The van der Waals surface area contributed by atoms with Crippen LogP contribution in [0.25, 0.3) is 0 Å². The summed E-state index contributed by atoms with van der Waals surface area (Å²) in [5.41, 5.74) is 5.31. The van der Waals surface area contributed by atoms with E-state index in [-0.39, 0.29) is 17.7 Å². The van der Waals surface area contributed by atoms with Gasteiger partial charge in [-0.25, -0.2) is 8.78 Å². The summed E-state index contributed by atoms with van der Waals surface area (Å²) in [6.07, 6.45) is 4.43. The van der Waals surface area contributed by atoms with Crippen molar-refractivity contribution in [3.63, 3.8) is 0 Å². The number of amides is 1. The van der Waals surface area contributed by atoms with Crippen LogP contribution in [0, 0.1) is 5.92 Å². The van der Waals surface area contributed by atoms with Crippen LogP contribution in [0.1, 0.15) is 70.8 Å². The van der Waals surface area contributed by atoms with E-state index in [2.05, 4.69) is 22.3 Å². The SMILES string of the molecule is CC1CN(Cc2cc3c(c(C4CC4)n2)CN(c2cccc(C4(Cc5nncn5C)COC4)c2)C3=O)CCC1(F)F. The van der Waals surface area contributed by atoms with Crippen molar-refractivity contribution in [1.29, 1.82) is 0 Å².